The van der Waals surface area contributed by atoms with E-state index in [1.54, 1.807) is 0 Å². The molecule has 3 heteroatoms. The van der Waals surface area contributed by atoms with Gasteiger partial charge in [-0.3, -0.25) is 0 Å². The molecule has 1 heterocycles. The monoisotopic (exact) mass is 258 g/mol. The first kappa shape index (κ1) is 13.8. The summed E-state index contributed by atoms with van der Waals surface area (Å²) >= 11 is 0. The SMILES string of the molecule is CCCC(c1ccc(C(O)CC)cc1)n1ccnc1. The Hall–Kier alpha value is -1.61. The number of aliphatic hydroxyl groups is 1. The summed E-state index contributed by atoms with van der Waals surface area (Å²) in [6.45, 7) is 4.18. The summed E-state index contributed by atoms with van der Waals surface area (Å²) in [7, 11) is 0. The molecular formula is C16H22N2O. The van der Waals surface area contributed by atoms with Crippen LogP contribution in [0.15, 0.2) is 43.0 Å². The Morgan fingerprint density at radius 2 is 1.84 bits per heavy atom. The molecule has 0 bridgehead atoms. The fourth-order valence-corrected chi connectivity index (χ4v) is 2.39. The highest BCUT2D eigenvalue weighted by atomic mass is 16.3. The molecule has 0 aliphatic rings. The highest BCUT2D eigenvalue weighted by Crippen LogP contribution is 2.25. The minimum atomic E-state index is -0.355. The minimum Gasteiger partial charge on any atom is -0.388 e. The van der Waals surface area contributed by atoms with Crippen molar-refractivity contribution in [2.45, 2.75) is 45.3 Å². The summed E-state index contributed by atoms with van der Waals surface area (Å²) < 4.78 is 2.15. The summed E-state index contributed by atoms with van der Waals surface area (Å²) in [4.78, 5) is 4.13. The van der Waals surface area contributed by atoms with Crippen LogP contribution in [0.3, 0.4) is 0 Å². The van der Waals surface area contributed by atoms with Gasteiger partial charge in [-0.25, -0.2) is 4.98 Å². The molecule has 0 fully saturated rings. The van der Waals surface area contributed by atoms with Crippen molar-refractivity contribution >= 4 is 0 Å². The van der Waals surface area contributed by atoms with Crippen LogP contribution in [0.1, 0.15) is 56.4 Å². The molecule has 0 spiro atoms. The van der Waals surface area contributed by atoms with Crippen molar-refractivity contribution in [1.82, 2.24) is 9.55 Å². The summed E-state index contributed by atoms with van der Waals surface area (Å²) in [6, 6.07) is 8.63. The molecule has 0 aliphatic carbocycles. The van der Waals surface area contributed by atoms with Crippen LogP contribution in [-0.2, 0) is 0 Å². The van der Waals surface area contributed by atoms with Gasteiger partial charge >= 0.3 is 0 Å². The predicted octanol–water partition coefficient (Wildman–Crippen LogP) is 3.72. The van der Waals surface area contributed by atoms with Gasteiger partial charge in [-0.1, -0.05) is 44.5 Å². The molecule has 0 amide bonds. The molecule has 0 saturated heterocycles. The summed E-state index contributed by atoms with van der Waals surface area (Å²) in [5.74, 6) is 0. The highest BCUT2D eigenvalue weighted by Gasteiger charge is 2.13. The third-order valence-electron chi connectivity index (χ3n) is 3.54. The van der Waals surface area contributed by atoms with E-state index in [1.807, 2.05) is 37.8 Å². The lowest BCUT2D eigenvalue weighted by atomic mass is 9.98. The fraction of sp³-hybridized carbons (Fsp3) is 0.438. The van der Waals surface area contributed by atoms with Gasteiger partial charge < -0.3 is 9.67 Å². The number of hydrogen-bond donors (Lipinski definition) is 1. The van der Waals surface area contributed by atoms with Gasteiger partial charge in [-0.2, -0.15) is 0 Å². The minimum absolute atomic E-state index is 0.334. The quantitative estimate of drug-likeness (QED) is 0.857. The molecular weight excluding hydrogens is 236 g/mol. The maximum Gasteiger partial charge on any atom is 0.0951 e. The van der Waals surface area contributed by atoms with Gasteiger partial charge in [-0.05, 0) is 24.0 Å². The molecule has 2 unspecified atom stereocenters. The number of imidazole rings is 1. The van der Waals surface area contributed by atoms with E-state index in [4.69, 9.17) is 0 Å². The summed E-state index contributed by atoms with van der Waals surface area (Å²) in [5.41, 5.74) is 2.26. The molecule has 102 valence electrons. The molecule has 0 saturated carbocycles. The van der Waals surface area contributed by atoms with Crippen LogP contribution in [0.25, 0.3) is 0 Å². The van der Waals surface area contributed by atoms with Crippen molar-refractivity contribution in [3.63, 3.8) is 0 Å². The summed E-state index contributed by atoms with van der Waals surface area (Å²) in [5, 5.41) is 9.83. The molecule has 2 aromatic rings. The number of nitrogens with zero attached hydrogens (tertiary/aromatic N) is 2. The van der Waals surface area contributed by atoms with Crippen molar-refractivity contribution in [3.05, 3.63) is 54.1 Å². The zero-order valence-corrected chi connectivity index (χ0v) is 11.7. The number of hydrogen-bond acceptors (Lipinski definition) is 2. The molecule has 0 radical (unpaired) electrons. The number of aliphatic hydroxyl groups excluding tert-OH is 1. The molecule has 2 atom stereocenters. The first-order valence-corrected chi connectivity index (χ1v) is 7.01. The van der Waals surface area contributed by atoms with Crippen LogP contribution in [0.2, 0.25) is 0 Å². The zero-order valence-electron chi connectivity index (χ0n) is 11.7. The fourth-order valence-electron chi connectivity index (χ4n) is 2.39. The second kappa shape index (κ2) is 6.53. The third-order valence-corrected chi connectivity index (χ3v) is 3.54. The van der Waals surface area contributed by atoms with Crippen LogP contribution in [0, 0.1) is 0 Å². The Labute approximate surface area is 114 Å². The Bertz CT molecular complexity index is 476. The van der Waals surface area contributed by atoms with Gasteiger partial charge in [0.25, 0.3) is 0 Å². The molecule has 19 heavy (non-hydrogen) atoms. The maximum absolute atomic E-state index is 9.83. The van der Waals surface area contributed by atoms with Crippen molar-refractivity contribution in [2.24, 2.45) is 0 Å². The van der Waals surface area contributed by atoms with Gasteiger partial charge in [0.1, 0.15) is 0 Å². The van der Waals surface area contributed by atoms with Crippen LogP contribution < -0.4 is 0 Å². The first-order valence-electron chi connectivity index (χ1n) is 7.01. The van der Waals surface area contributed by atoms with E-state index in [-0.39, 0.29) is 6.10 Å². The Morgan fingerprint density at radius 1 is 1.16 bits per heavy atom. The predicted molar refractivity (Wildman–Crippen MR) is 77.0 cm³/mol. The van der Waals surface area contributed by atoms with Crippen LogP contribution in [-0.4, -0.2) is 14.7 Å². The van der Waals surface area contributed by atoms with Crippen molar-refractivity contribution in [3.8, 4) is 0 Å². The third kappa shape index (κ3) is 3.24. The molecule has 2 rings (SSSR count). The zero-order chi connectivity index (χ0) is 13.7. The van der Waals surface area contributed by atoms with E-state index in [1.165, 1.54) is 5.56 Å². The second-order valence-electron chi connectivity index (χ2n) is 4.91. The lowest BCUT2D eigenvalue weighted by Gasteiger charge is -2.19. The van der Waals surface area contributed by atoms with Gasteiger partial charge in [-0.15, -0.1) is 0 Å². The van der Waals surface area contributed by atoms with Crippen LogP contribution in [0.4, 0.5) is 0 Å². The molecule has 1 N–H and O–H groups in total. The van der Waals surface area contributed by atoms with E-state index in [9.17, 15) is 5.11 Å². The largest absolute Gasteiger partial charge is 0.388 e. The Balaban J connectivity index is 2.23. The van der Waals surface area contributed by atoms with Gasteiger partial charge in [0.05, 0.1) is 18.5 Å². The number of rotatable bonds is 6. The van der Waals surface area contributed by atoms with E-state index >= 15 is 0 Å². The van der Waals surface area contributed by atoms with E-state index in [2.05, 4.69) is 28.6 Å². The average Bonchev–Trinajstić information content (AvgIpc) is 2.98. The Kier molecular flexibility index (Phi) is 4.74. The molecule has 3 nitrogen and oxygen atoms in total. The lowest BCUT2D eigenvalue weighted by Crippen LogP contribution is -2.09. The Morgan fingerprint density at radius 3 is 2.37 bits per heavy atom. The van der Waals surface area contributed by atoms with E-state index < -0.39 is 0 Å². The van der Waals surface area contributed by atoms with Crippen molar-refractivity contribution in [1.29, 1.82) is 0 Å². The van der Waals surface area contributed by atoms with Crippen molar-refractivity contribution < 1.29 is 5.11 Å². The maximum atomic E-state index is 9.83. The highest BCUT2D eigenvalue weighted by molar-refractivity contribution is 5.27. The second-order valence-corrected chi connectivity index (χ2v) is 4.91. The van der Waals surface area contributed by atoms with Gasteiger partial charge in [0.15, 0.2) is 0 Å². The topological polar surface area (TPSA) is 38.0 Å². The van der Waals surface area contributed by atoms with Gasteiger partial charge in [0.2, 0.25) is 0 Å². The molecule has 0 aliphatic heterocycles. The van der Waals surface area contributed by atoms with Gasteiger partial charge in [0, 0.05) is 12.4 Å². The first-order chi connectivity index (χ1) is 9.26. The molecule has 1 aromatic carbocycles. The smallest absolute Gasteiger partial charge is 0.0951 e. The lowest BCUT2D eigenvalue weighted by molar-refractivity contribution is 0.173. The number of aromatic nitrogens is 2. The van der Waals surface area contributed by atoms with E-state index in [0.29, 0.717) is 6.04 Å². The average molecular weight is 258 g/mol. The summed E-state index contributed by atoms with van der Waals surface area (Å²) in [6.07, 6.45) is 8.31. The van der Waals surface area contributed by atoms with Crippen LogP contribution >= 0.6 is 0 Å². The molecule has 1 aromatic heterocycles. The van der Waals surface area contributed by atoms with E-state index in [0.717, 1.165) is 24.8 Å². The number of benzene rings is 1. The van der Waals surface area contributed by atoms with Crippen molar-refractivity contribution in [2.75, 3.05) is 0 Å². The normalized spacial score (nSPS) is 14.3. The van der Waals surface area contributed by atoms with Crippen LogP contribution in [0.5, 0.6) is 0 Å². The standard InChI is InChI=1S/C16H22N2O/c1-3-5-15(18-11-10-17-12-18)13-6-8-14(9-7-13)16(19)4-2/h6-12,15-16,19H,3-5H2,1-2H3.